The van der Waals surface area contributed by atoms with E-state index >= 15 is 0 Å². The molecule has 0 aliphatic heterocycles. The van der Waals surface area contributed by atoms with Gasteiger partial charge in [-0.1, -0.05) is 17.7 Å². The second-order valence-electron chi connectivity index (χ2n) is 4.78. The van der Waals surface area contributed by atoms with E-state index in [4.69, 9.17) is 16.3 Å². The van der Waals surface area contributed by atoms with Crippen molar-refractivity contribution in [3.05, 3.63) is 46.7 Å². The van der Waals surface area contributed by atoms with E-state index in [0.29, 0.717) is 16.3 Å². The predicted octanol–water partition coefficient (Wildman–Crippen LogP) is 3.91. The predicted molar refractivity (Wildman–Crippen MR) is 82.0 cm³/mol. The van der Waals surface area contributed by atoms with E-state index in [1.807, 2.05) is 19.1 Å². The monoisotopic (exact) mass is 305 g/mol. The van der Waals surface area contributed by atoms with Crippen LogP contribution in [0.2, 0.25) is 5.02 Å². The van der Waals surface area contributed by atoms with Crippen LogP contribution in [0.15, 0.2) is 30.6 Å². The smallest absolute Gasteiger partial charge is 0.310 e. The number of methoxy groups -OCH3 is 1. The molecule has 2 rings (SSSR count). The molecular weight excluding hydrogens is 290 g/mol. The number of rotatable bonds is 4. The zero-order valence-corrected chi connectivity index (χ0v) is 12.8. The number of carboxylic acids is 1. The highest BCUT2D eigenvalue weighted by Crippen LogP contribution is 2.42. The van der Waals surface area contributed by atoms with E-state index < -0.39 is 11.9 Å². The van der Waals surface area contributed by atoms with Crippen molar-refractivity contribution >= 4 is 17.6 Å². The second kappa shape index (κ2) is 6.14. The lowest BCUT2D eigenvalue weighted by atomic mass is 9.92. The third kappa shape index (κ3) is 2.85. The van der Waals surface area contributed by atoms with E-state index in [-0.39, 0.29) is 0 Å². The minimum Gasteiger partial charge on any atom is -0.496 e. The molecule has 0 radical (unpaired) electrons. The van der Waals surface area contributed by atoms with Crippen LogP contribution >= 0.6 is 11.6 Å². The summed E-state index contributed by atoms with van der Waals surface area (Å²) in [7, 11) is 1.53. The van der Waals surface area contributed by atoms with Crippen molar-refractivity contribution in [2.75, 3.05) is 7.11 Å². The molecule has 110 valence electrons. The van der Waals surface area contributed by atoms with Crippen LogP contribution in [0.3, 0.4) is 0 Å². The molecule has 0 aliphatic carbocycles. The van der Waals surface area contributed by atoms with Crippen LogP contribution in [-0.4, -0.2) is 23.2 Å². The molecule has 1 aromatic carbocycles. The van der Waals surface area contributed by atoms with Crippen molar-refractivity contribution in [3.8, 4) is 16.9 Å². The molecule has 0 bridgehead atoms. The van der Waals surface area contributed by atoms with Crippen molar-refractivity contribution in [1.82, 2.24) is 4.98 Å². The maximum absolute atomic E-state index is 11.3. The Morgan fingerprint density at radius 2 is 2.19 bits per heavy atom. The Labute approximate surface area is 128 Å². The lowest BCUT2D eigenvalue weighted by Gasteiger charge is -2.19. The van der Waals surface area contributed by atoms with Gasteiger partial charge in [-0.05, 0) is 31.5 Å². The molecule has 0 amide bonds. The molecule has 1 unspecified atom stereocenters. The number of aromatic nitrogens is 1. The van der Waals surface area contributed by atoms with Crippen LogP contribution in [0.4, 0.5) is 0 Å². The fourth-order valence-electron chi connectivity index (χ4n) is 2.28. The number of hydrogen-bond acceptors (Lipinski definition) is 3. The minimum absolute atomic E-state index is 0.512. The summed E-state index contributed by atoms with van der Waals surface area (Å²) in [6, 6.07) is 5.37. The molecule has 1 heterocycles. The molecule has 0 spiro atoms. The van der Waals surface area contributed by atoms with Crippen LogP contribution < -0.4 is 4.74 Å². The van der Waals surface area contributed by atoms with Crippen molar-refractivity contribution in [2.24, 2.45) is 0 Å². The van der Waals surface area contributed by atoms with Gasteiger partial charge in [0.25, 0.3) is 0 Å². The molecule has 1 aromatic heterocycles. The first-order valence-electron chi connectivity index (χ1n) is 6.47. The molecule has 4 nitrogen and oxygen atoms in total. The molecule has 0 saturated carbocycles. The standard InChI is InChI=1S/C16H16ClNO3/c1-9(16(19)20)12-7-13(17)10(2)14(15(12)21-3)11-5-4-6-18-8-11/h4-9H,1-3H3,(H,19,20). The summed E-state index contributed by atoms with van der Waals surface area (Å²) in [5.74, 6) is -1.11. The number of ether oxygens (including phenoxy) is 1. The number of hydrogen-bond donors (Lipinski definition) is 1. The molecule has 0 fully saturated rings. The number of pyridine rings is 1. The van der Waals surface area contributed by atoms with E-state index in [9.17, 15) is 9.90 Å². The zero-order valence-electron chi connectivity index (χ0n) is 12.1. The number of carboxylic acid groups (broad SMARTS) is 1. The van der Waals surface area contributed by atoms with Gasteiger partial charge in [-0.2, -0.15) is 0 Å². The summed E-state index contributed by atoms with van der Waals surface area (Å²) in [4.78, 5) is 15.4. The lowest BCUT2D eigenvalue weighted by molar-refractivity contribution is -0.138. The van der Waals surface area contributed by atoms with Gasteiger partial charge in [0.05, 0.1) is 13.0 Å². The second-order valence-corrected chi connectivity index (χ2v) is 5.19. The maximum atomic E-state index is 11.3. The highest BCUT2D eigenvalue weighted by molar-refractivity contribution is 6.32. The van der Waals surface area contributed by atoms with Gasteiger partial charge in [0.2, 0.25) is 0 Å². The molecule has 2 aromatic rings. The van der Waals surface area contributed by atoms with Crippen molar-refractivity contribution in [3.63, 3.8) is 0 Å². The Morgan fingerprint density at radius 3 is 2.71 bits per heavy atom. The van der Waals surface area contributed by atoms with Gasteiger partial charge in [0.1, 0.15) is 5.75 Å². The highest BCUT2D eigenvalue weighted by atomic mass is 35.5. The van der Waals surface area contributed by atoms with Gasteiger partial charge < -0.3 is 9.84 Å². The van der Waals surface area contributed by atoms with Crippen LogP contribution in [0.5, 0.6) is 5.75 Å². The average molecular weight is 306 g/mol. The first-order chi connectivity index (χ1) is 9.97. The van der Waals surface area contributed by atoms with Gasteiger partial charge in [0.15, 0.2) is 0 Å². The summed E-state index contributed by atoms with van der Waals surface area (Å²) >= 11 is 6.28. The van der Waals surface area contributed by atoms with E-state index in [1.165, 1.54) is 7.11 Å². The molecule has 21 heavy (non-hydrogen) atoms. The Hall–Kier alpha value is -2.07. The van der Waals surface area contributed by atoms with E-state index in [1.54, 1.807) is 25.4 Å². The molecule has 1 atom stereocenters. The average Bonchev–Trinajstić information content (AvgIpc) is 2.49. The van der Waals surface area contributed by atoms with Crippen LogP contribution in [0.1, 0.15) is 24.0 Å². The first-order valence-corrected chi connectivity index (χ1v) is 6.85. The Bertz CT molecular complexity index is 671. The Morgan fingerprint density at radius 1 is 1.48 bits per heavy atom. The molecule has 0 saturated heterocycles. The summed E-state index contributed by atoms with van der Waals surface area (Å²) in [5, 5.41) is 9.78. The number of aliphatic carboxylic acids is 1. The molecule has 0 aliphatic rings. The quantitative estimate of drug-likeness (QED) is 0.930. The first kappa shape index (κ1) is 15.3. The van der Waals surface area contributed by atoms with Gasteiger partial charge >= 0.3 is 5.97 Å². The van der Waals surface area contributed by atoms with Crippen molar-refractivity contribution in [1.29, 1.82) is 0 Å². The SMILES string of the molecule is COc1c(C(C)C(=O)O)cc(Cl)c(C)c1-c1cccnc1. The minimum atomic E-state index is -0.926. The van der Waals surface area contributed by atoms with Crippen LogP contribution in [0, 0.1) is 6.92 Å². The number of carbonyl (C=O) groups is 1. The summed E-state index contributed by atoms with van der Waals surface area (Å²) < 4.78 is 5.49. The number of nitrogens with zero attached hydrogens (tertiary/aromatic N) is 1. The highest BCUT2D eigenvalue weighted by Gasteiger charge is 2.24. The Kier molecular flexibility index (Phi) is 4.48. The molecule has 5 heteroatoms. The summed E-state index contributed by atoms with van der Waals surface area (Å²) in [6.45, 7) is 3.49. The Balaban J connectivity index is 2.77. The molecular formula is C16H16ClNO3. The fraction of sp³-hybridized carbons (Fsp3) is 0.250. The zero-order chi connectivity index (χ0) is 15.6. The van der Waals surface area contributed by atoms with Gasteiger partial charge in [-0.3, -0.25) is 9.78 Å². The lowest BCUT2D eigenvalue weighted by Crippen LogP contribution is -2.10. The summed E-state index contributed by atoms with van der Waals surface area (Å²) in [5.41, 5.74) is 3.01. The number of benzene rings is 1. The van der Waals surface area contributed by atoms with Crippen LogP contribution in [0.25, 0.3) is 11.1 Å². The van der Waals surface area contributed by atoms with Crippen molar-refractivity contribution < 1.29 is 14.6 Å². The van der Waals surface area contributed by atoms with Crippen molar-refractivity contribution in [2.45, 2.75) is 19.8 Å². The topological polar surface area (TPSA) is 59.4 Å². The van der Waals surface area contributed by atoms with Gasteiger partial charge in [-0.25, -0.2) is 0 Å². The van der Waals surface area contributed by atoms with E-state index in [2.05, 4.69) is 4.98 Å². The molecule has 1 N–H and O–H groups in total. The maximum Gasteiger partial charge on any atom is 0.310 e. The van der Waals surface area contributed by atoms with Crippen LogP contribution in [-0.2, 0) is 4.79 Å². The normalized spacial score (nSPS) is 12.0. The fourth-order valence-corrected chi connectivity index (χ4v) is 2.49. The van der Waals surface area contributed by atoms with Gasteiger partial charge in [-0.15, -0.1) is 0 Å². The van der Waals surface area contributed by atoms with E-state index in [0.717, 1.165) is 16.7 Å². The van der Waals surface area contributed by atoms with Gasteiger partial charge in [0, 0.05) is 34.1 Å². The third-order valence-electron chi connectivity index (χ3n) is 3.50. The number of halogens is 1. The largest absolute Gasteiger partial charge is 0.496 e. The third-order valence-corrected chi connectivity index (χ3v) is 3.89. The summed E-state index contributed by atoms with van der Waals surface area (Å²) in [6.07, 6.45) is 3.38.